The van der Waals surface area contributed by atoms with Crippen LogP contribution in [0.5, 0.6) is 5.75 Å². The van der Waals surface area contributed by atoms with E-state index in [9.17, 15) is 9.59 Å². The van der Waals surface area contributed by atoms with Gasteiger partial charge in [-0.3, -0.25) is 4.79 Å². The maximum atomic E-state index is 11.4. The molecule has 0 fully saturated rings. The molecule has 1 N–H and O–H groups in total. The topological polar surface area (TPSA) is 63.6 Å². The average Bonchev–Trinajstić information content (AvgIpc) is 2.46. The Kier molecular flexibility index (Phi) is 4.95. The quantitative estimate of drug-likeness (QED) is 0.618. The van der Waals surface area contributed by atoms with Crippen LogP contribution in [0.15, 0.2) is 42.5 Å². The van der Waals surface area contributed by atoms with Crippen molar-refractivity contribution in [3.8, 4) is 5.75 Å². The maximum absolute atomic E-state index is 11.4. The zero-order valence-corrected chi connectivity index (χ0v) is 13.5. The number of hydrogen-bond donors (Lipinski definition) is 1. The predicted molar refractivity (Wildman–Crippen MR) is 86.9 cm³/mol. The first-order chi connectivity index (χ1) is 9.99. The van der Waals surface area contributed by atoms with E-state index in [0.717, 1.165) is 9.13 Å². The largest absolute Gasteiger partial charge is 0.489 e. The summed E-state index contributed by atoms with van der Waals surface area (Å²) in [6.45, 7) is 1.69. The highest BCUT2D eigenvalue weighted by Crippen LogP contribution is 2.21. The van der Waals surface area contributed by atoms with Crippen LogP contribution in [-0.2, 0) is 6.61 Å². The monoisotopic (exact) mass is 396 g/mol. The van der Waals surface area contributed by atoms with Crippen LogP contribution in [0.25, 0.3) is 0 Å². The number of carbonyl (C=O) groups is 2. The van der Waals surface area contributed by atoms with Gasteiger partial charge in [0.2, 0.25) is 0 Å². The van der Waals surface area contributed by atoms with Gasteiger partial charge in [-0.25, -0.2) is 4.79 Å². The number of carbonyl (C=O) groups excluding carboxylic acids is 1. The normalized spacial score (nSPS) is 10.2. The molecule has 0 aromatic heterocycles. The molecule has 0 unspecified atom stereocenters. The second-order valence-electron chi connectivity index (χ2n) is 4.45. The molecule has 2 rings (SSSR count). The third kappa shape index (κ3) is 3.81. The van der Waals surface area contributed by atoms with Crippen LogP contribution < -0.4 is 4.74 Å². The summed E-state index contributed by atoms with van der Waals surface area (Å²) in [7, 11) is 0. The number of carboxylic acids is 1. The summed E-state index contributed by atoms with van der Waals surface area (Å²) in [6.07, 6.45) is 0. The van der Waals surface area contributed by atoms with Gasteiger partial charge in [-0.2, -0.15) is 0 Å². The minimum absolute atomic E-state index is 0.0391. The summed E-state index contributed by atoms with van der Waals surface area (Å²) < 4.78 is 6.70. The minimum Gasteiger partial charge on any atom is -0.489 e. The van der Waals surface area contributed by atoms with Gasteiger partial charge in [0.1, 0.15) is 12.4 Å². The maximum Gasteiger partial charge on any atom is 0.336 e. The van der Waals surface area contributed by atoms with E-state index in [1.807, 2.05) is 24.3 Å². The Morgan fingerprint density at radius 2 is 1.86 bits per heavy atom. The van der Waals surface area contributed by atoms with Crippen LogP contribution in [0.4, 0.5) is 0 Å². The van der Waals surface area contributed by atoms with Crippen molar-refractivity contribution < 1.29 is 19.4 Å². The molecular formula is C16H13IO4. The van der Waals surface area contributed by atoms with E-state index in [4.69, 9.17) is 9.84 Å². The first-order valence-corrected chi connectivity index (χ1v) is 7.31. The Labute approximate surface area is 135 Å². The molecule has 2 aromatic rings. The van der Waals surface area contributed by atoms with Gasteiger partial charge in [-0.15, -0.1) is 0 Å². The van der Waals surface area contributed by atoms with Crippen LogP contribution in [0.3, 0.4) is 0 Å². The van der Waals surface area contributed by atoms with Crippen molar-refractivity contribution in [2.45, 2.75) is 13.5 Å². The molecule has 0 amide bonds. The van der Waals surface area contributed by atoms with Gasteiger partial charge in [0.05, 0.1) is 5.56 Å². The minimum atomic E-state index is -1.14. The van der Waals surface area contributed by atoms with E-state index >= 15 is 0 Å². The van der Waals surface area contributed by atoms with Crippen molar-refractivity contribution in [1.82, 2.24) is 0 Å². The van der Waals surface area contributed by atoms with E-state index in [1.54, 1.807) is 6.07 Å². The zero-order chi connectivity index (χ0) is 15.4. The van der Waals surface area contributed by atoms with Crippen LogP contribution in [0, 0.1) is 3.57 Å². The van der Waals surface area contributed by atoms with Gasteiger partial charge in [0.25, 0.3) is 0 Å². The van der Waals surface area contributed by atoms with E-state index in [0.29, 0.717) is 12.4 Å². The van der Waals surface area contributed by atoms with Crippen LogP contribution in [0.1, 0.15) is 33.2 Å². The number of benzene rings is 2. The molecule has 0 aliphatic carbocycles. The molecular weight excluding hydrogens is 383 g/mol. The van der Waals surface area contributed by atoms with Crippen LogP contribution in [-0.4, -0.2) is 16.9 Å². The number of ketones is 1. The third-order valence-electron chi connectivity index (χ3n) is 2.95. The summed E-state index contributed by atoms with van der Waals surface area (Å²) in [4.78, 5) is 22.6. The number of ether oxygens (including phenoxy) is 1. The van der Waals surface area contributed by atoms with E-state index < -0.39 is 5.97 Å². The standard InChI is InChI=1S/C16H13IO4/c1-10(18)13-7-6-12(8-14(13)16(19)20)21-9-11-4-2-3-5-15(11)17/h2-8H,9H2,1H3,(H,19,20). The van der Waals surface area contributed by atoms with Gasteiger partial charge in [-0.05, 0) is 53.8 Å². The lowest BCUT2D eigenvalue weighted by atomic mass is 10.0. The Morgan fingerprint density at radius 1 is 1.14 bits per heavy atom. The number of hydrogen-bond acceptors (Lipinski definition) is 3. The van der Waals surface area contributed by atoms with Gasteiger partial charge in [0, 0.05) is 14.7 Å². The number of rotatable bonds is 5. The lowest BCUT2D eigenvalue weighted by Crippen LogP contribution is -2.07. The zero-order valence-electron chi connectivity index (χ0n) is 11.3. The van der Waals surface area contributed by atoms with Crippen LogP contribution in [0.2, 0.25) is 0 Å². The summed E-state index contributed by atoms with van der Waals surface area (Å²) in [5.74, 6) is -0.992. The molecule has 108 valence electrons. The van der Waals surface area contributed by atoms with Crippen molar-refractivity contribution in [2.75, 3.05) is 0 Å². The van der Waals surface area contributed by atoms with Gasteiger partial charge in [-0.1, -0.05) is 18.2 Å². The van der Waals surface area contributed by atoms with Gasteiger partial charge >= 0.3 is 5.97 Å². The Morgan fingerprint density at radius 3 is 2.48 bits per heavy atom. The lowest BCUT2D eigenvalue weighted by molar-refractivity contribution is 0.0691. The number of aromatic carboxylic acids is 1. The number of halogens is 1. The van der Waals surface area contributed by atoms with Crippen LogP contribution >= 0.6 is 22.6 Å². The van der Waals surface area contributed by atoms with E-state index in [2.05, 4.69) is 22.6 Å². The molecule has 0 atom stereocenters. The SMILES string of the molecule is CC(=O)c1ccc(OCc2ccccc2I)cc1C(=O)O. The van der Waals surface area contributed by atoms with Crippen molar-refractivity contribution >= 4 is 34.3 Å². The Hall–Kier alpha value is -1.89. The second kappa shape index (κ2) is 6.71. The first-order valence-electron chi connectivity index (χ1n) is 6.23. The number of carboxylic acid groups (broad SMARTS) is 1. The summed E-state index contributed by atoms with van der Waals surface area (Å²) >= 11 is 2.22. The Balaban J connectivity index is 2.22. The molecule has 0 aliphatic heterocycles. The smallest absolute Gasteiger partial charge is 0.336 e. The molecule has 0 bridgehead atoms. The summed E-state index contributed by atoms with van der Waals surface area (Å²) in [6, 6.07) is 12.3. The fourth-order valence-corrected chi connectivity index (χ4v) is 2.42. The summed E-state index contributed by atoms with van der Waals surface area (Å²) in [5, 5.41) is 9.16. The first kappa shape index (κ1) is 15.5. The highest BCUT2D eigenvalue weighted by Gasteiger charge is 2.14. The molecule has 0 radical (unpaired) electrons. The fourth-order valence-electron chi connectivity index (χ4n) is 1.87. The average molecular weight is 396 g/mol. The van der Waals surface area contributed by atoms with Crippen molar-refractivity contribution in [2.24, 2.45) is 0 Å². The molecule has 4 nitrogen and oxygen atoms in total. The van der Waals surface area contributed by atoms with Gasteiger partial charge in [0.15, 0.2) is 5.78 Å². The van der Waals surface area contributed by atoms with Crippen molar-refractivity contribution in [3.05, 3.63) is 62.7 Å². The molecule has 2 aromatic carbocycles. The second-order valence-corrected chi connectivity index (χ2v) is 5.61. The molecule has 5 heteroatoms. The predicted octanol–water partition coefficient (Wildman–Crippen LogP) is 3.77. The molecule has 0 aliphatic rings. The number of Topliss-reactive ketones (excluding diaryl/α,β-unsaturated/α-hetero) is 1. The van der Waals surface area contributed by atoms with Gasteiger partial charge < -0.3 is 9.84 Å². The molecule has 0 heterocycles. The Bertz CT molecular complexity index is 694. The third-order valence-corrected chi connectivity index (χ3v) is 4.01. The highest BCUT2D eigenvalue weighted by atomic mass is 127. The molecule has 0 saturated heterocycles. The van der Waals surface area contributed by atoms with Crippen molar-refractivity contribution in [1.29, 1.82) is 0 Å². The summed E-state index contributed by atoms with van der Waals surface area (Å²) in [5.41, 5.74) is 1.16. The van der Waals surface area contributed by atoms with E-state index in [1.165, 1.54) is 19.1 Å². The molecule has 0 saturated carbocycles. The molecule has 0 spiro atoms. The van der Waals surface area contributed by atoms with Crippen molar-refractivity contribution in [3.63, 3.8) is 0 Å². The van der Waals surface area contributed by atoms with E-state index in [-0.39, 0.29) is 16.9 Å². The lowest BCUT2D eigenvalue weighted by Gasteiger charge is -2.10. The molecule has 21 heavy (non-hydrogen) atoms. The fraction of sp³-hybridized carbons (Fsp3) is 0.125. The highest BCUT2D eigenvalue weighted by molar-refractivity contribution is 14.1.